The summed E-state index contributed by atoms with van der Waals surface area (Å²) in [5, 5.41) is 51.3. The summed E-state index contributed by atoms with van der Waals surface area (Å²) in [6.07, 6.45) is -4.18. The minimum absolute atomic E-state index is 0.0340. The van der Waals surface area contributed by atoms with Gasteiger partial charge in [0.2, 0.25) is 0 Å². The number of benzene rings is 1. The number of hydrogen-bond donors (Lipinski definition) is 6. The number of ether oxygens (including phenoxy) is 1. The van der Waals surface area contributed by atoms with Crippen molar-refractivity contribution in [2.24, 2.45) is 17.6 Å². The van der Waals surface area contributed by atoms with Gasteiger partial charge in [0.05, 0.1) is 11.1 Å². The summed E-state index contributed by atoms with van der Waals surface area (Å²) in [6.45, 7) is 1.54. The summed E-state index contributed by atoms with van der Waals surface area (Å²) in [7, 11) is 0. The molecule has 1 amide bonds. The number of nitrogens with two attached hydrogens (primary N) is 1. The molecule has 1 aliphatic heterocycles. The average molecular weight is 417 g/mol. The number of carbonyl (C=O) groups excluding carboxylic acids is 3. The maximum absolute atomic E-state index is 13.0. The third-order valence-corrected chi connectivity index (χ3v) is 6.21. The van der Waals surface area contributed by atoms with E-state index in [-0.39, 0.29) is 28.9 Å². The van der Waals surface area contributed by atoms with E-state index in [2.05, 4.69) is 0 Å². The van der Waals surface area contributed by atoms with E-state index < -0.39 is 64.4 Å². The predicted molar refractivity (Wildman–Crippen MR) is 98.0 cm³/mol. The van der Waals surface area contributed by atoms with Crippen LogP contribution in [0.5, 0.6) is 5.75 Å². The minimum Gasteiger partial charge on any atom is -0.509 e. The molecule has 2 aliphatic carbocycles. The van der Waals surface area contributed by atoms with E-state index in [0.29, 0.717) is 0 Å². The zero-order valence-electron chi connectivity index (χ0n) is 15.7. The number of aliphatic hydroxyl groups excluding tert-OH is 4. The summed E-state index contributed by atoms with van der Waals surface area (Å²) in [5.74, 6) is -7.01. The molecule has 158 valence electrons. The summed E-state index contributed by atoms with van der Waals surface area (Å²) in [4.78, 5) is 36.9. The van der Waals surface area contributed by atoms with Gasteiger partial charge >= 0.3 is 5.97 Å². The lowest BCUT2D eigenvalue weighted by molar-refractivity contribution is -0.149. The van der Waals surface area contributed by atoms with E-state index in [0.717, 1.165) is 0 Å². The molecule has 1 aromatic carbocycles. The number of phenols is 1. The number of carbonyl (C=O) groups is 3. The predicted octanol–water partition coefficient (Wildman–Crippen LogP) is -0.172. The fourth-order valence-electron chi connectivity index (χ4n) is 4.67. The molecule has 0 radical (unpaired) electrons. The van der Waals surface area contributed by atoms with Gasteiger partial charge in [-0.2, -0.15) is 0 Å². The zero-order chi connectivity index (χ0) is 22.1. The standard InChI is InChI=1S/C20H19NO9/c1-20-7-3-2-4-9(22)10(7)15(25)11(19(29)30-20)8(20)5-6-13(23)16(26)12(18(21)28)17(27)14(6)24/h2-4,8,11,13,17,22-24,26-27H,5H2,1H3,(H2,21,28)/t8-,11+,13?,17?,20+/m0/s1. The van der Waals surface area contributed by atoms with E-state index in [1.165, 1.54) is 25.1 Å². The first-order valence-electron chi connectivity index (χ1n) is 9.11. The van der Waals surface area contributed by atoms with Crippen LogP contribution in [0.25, 0.3) is 0 Å². The zero-order valence-corrected chi connectivity index (χ0v) is 15.7. The van der Waals surface area contributed by atoms with Crippen LogP contribution in [0.3, 0.4) is 0 Å². The maximum Gasteiger partial charge on any atom is 0.318 e. The Labute approximate surface area is 169 Å². The molecule has 2 bridgehead atoms. The lowest BCUT2D eigenvalue weighted by atomic mass is 9.65. The molecule has 10 heteroatoms. The molecule has 2 unspecified atom stereocenters. The molecule has 30 heavy (non-hydrogen) atoms. The number of fused-ring (bicyclic) bond motifs is 4. The fraction of sp³-hybridized carbons (Fsp3) is 0.350. The highest BCUT2D eigenvalue weighted by Crippen LogP contribution is 2.55. The summed E-state index contributed by atoms with van der Waals surface area (Å²) in [6, 6.07) is 4.33. The van der Waals surface area contributed by atoms with Gasteiger partial charge < -0.3 is 36.0 Å². The normalized spacial score (nSPS) is 32.9. The molecule has 0 aromatic heterocycles. The number of aromatic hydroxyl groups is 1. The number of amides is 1. The lowest BCUT2D eigenvalue weighted by Gasteiger charge is -2.38. The fourth-order valence-corrected chi connectivity index (χ4v) is 4.67. The van der Waals surface area contributed by atoms with Crippen molar-refractivity contribution >= 4 is 17.7 Å². The van der Waals surface area contributed by atoms with Gasteiger partial charge in [-0.3, -0.25) is 14.4 Å². The summed E-state index contributed by atoms with van der Waals surface area (Å²) in [5.41, 5.74) is 2.91. The molecule has 1 fully saturated rings. The van der Waals surface area contributed by atoms with Gasteiger partial charge in [0.15, 0.2) is 5.78 Å². The van der Waals surface area contributed by atoms with E-state index in [4.69, 9.17) is 10.5 Å². The molecule has 1 heterocycles. The van der Waals surface area contributed by atoms with E-state index >= 15 is 0 Å². The van der Waals surface area contributed by atoms with Crippen molar-refractivity contribution in [3.05, 3.63) is 52.0 Å². The molecule has 10 nitrogen and oxygen atoms in total. The number of hydrogen-bond acceptors (Lipinski definition) is 9. The Morgan fingerprint density at radius 2 is 1.80 bits per heavy atom. The van der Waals surface area contributed by atoms with E-state index in [1.54, 1.807) is 0 Å². The van der Waals surface area contributed by atoms with E-state index in [9.17, 15) is 39.9 Å². The number of primary amides is 1. The number of phenolic OH excluding ortho intramolecular Hbond substituents is 1. The second-order valence-corrected chi connectivity index (χ2v) is 7.76. The SMILES string of the molecule is C[C@@]12OC(=O)[C@@H](C(=O)c3c(O)cccc31)[C@@H]2CC1=C(O)C(O)C(C(N)=O)=C(O)C1O. The highest BCUT2D eigenvalue weighted by atomic mass is 16.6. The summed E-state index contributed by atoms with van der Waals surface area (Å²) >= 11 is 0. The van der Waals surface area contributed by atoms with Crippen LogP contribution in [0.15, 0.2) is 40.9 Å². The van der Waals surface area contributed by atoms with Crippen molar-refractivity contribution in [1.29, 1.82) is 0 Å². The Bertz CT molecular complexity index is 1070. The number of esters is 1. The number of Topliss-reactive ketones (excluding diaryl/α,β-unsaturated/α-hetero) is 1. The number of aliphatic hydroxyl groups is 4. The Balaban J connectivity index is 1.81. The van der Waals surface area contributed by atoms with Crippen molar-refractivity contribution in [2.45, 2.75) is 31.2 Å². The molecule has 4 rings (SSSR count). The van der Waals surface area contributed by atoms with E-state index in [1.807, 2.05) is 0 Å². The van der Waals surface area contributed by atoms with Crippen LogP contribution in [0.4, 0.5) is 0 Å². The molecule has 3 aliphatic rings. The quantitative estimate of drug-likeness (QED) is 0.286. The smallest absolute Gasteiger partial charge is 0.318 e. The molecule has 1 saturated heterocycles. The van der Waals surface area contributed by atoms with Crippen LogP contribution in [0, 0.1) is 11.8 Å². The molecule has 1 aromatic rings. The highest BCUT2D eigenvalue weighted by Gasteiger charge is 2.62. The molecule has 0 saturated carbocycles. The number of rotatable bonds is 3. The number of ketones is 1. The van der Waals surface area contributed by atoms with Gasteiger partial charge in [0.1, 0.15) is 41.0 Å². The average Bonchev–Trinajstić information content (AvgIpc) is 2.88. The Hall–Kier alpha value is -3.37. The highest BCUT2D eigenvalue weighted by molar-refractivity contribution is 6.14. The minimum atomic E-state index is -1.97. The van der Waals surface area contributed by atoms with Crippen LogP contribution in [0.2, 0.25) is 0 Å². The van der Waals surface area contributed by atoms with Crippen molar-refractivity contribution in [2.75, 3.05) is 0 Å². The van der Waals surface area contributed by atoms with Crippen LogP contribution < -0.4 is 5.73 Å². The monoisotopic (exact) mass is 417 g/mol. The van der Waals surface area contributed by atoms with Gasteiger partial charge in [-0.05, 0) is 19.4 Å². The summed E-state index contributed by atoms with van der Waals surface area (Å²) < 4.78 is 5.49. The van der Waals surface area contributed by atoms with Gasteiger partial charge in [0, 0.05) is 17.1 Å². The Morgan fingerprint density at radius 3 is 2.43 bits per heavy atom. The first-order valence-corrected chi connectivity index (χ1v) is 9.11. The molecule has 5 atom stereocenters. The first-order chi connectivity index (χ1) is 14.0. The molecular formula is C20H19NO9. The van der Waals surface area contributed by atoms with Crippen LogP contribution in [-0.2, 0) is 19.9 Å². The van der Waals surface area contributed by atoms with Crippen molar-refractivity contribution in [3.8, 4) is 5.75 Å². The van der Waals surface area contributed by atoms with Crippen LogP contribution >= 0.6 is 0 Å². The maximum atomic E-state index is 13.0. The third kappa shape index (κ3) is 2.40. The van der Waals surface area contributed by atoms with Gasteiger partial charge in [-0.15, -0.1) is 0 Å². The Morgan fingerprint density at radius 1 is 1.13 bits per heavy atom. The topological polar surface area (TPSA) is 188 Å². The van der Waals surface area contributed by atoms with Gasteiger partial charge in [-0.25, -0.2) is 0 Å². The van der Waals surface area contributed by atoms with Crippen LogP contribution in [-0.4, -0.2) is 55.4 Å². The molecular weight excluding hydrogens is 398 g/mol. The van der Waals surface area contributed by atoms with Gasteiger partial charge in [-0.1, -0.05) is 12.1 Å². The van der Waals surface area contributed by atoms with Crippen molar-refractivity contribution in [3.63, 3.8) is 0 Å². The van der Waals surface area contributed by atoms with Crippen molar-refractivity contribution in [1.82, 2.24) is 0 Å². The molecule has 0 spiro atoms. The second-order valence-electron chi connectivity index (χ2n) is 7.76. The van der Waals surface area contributed by atoms with Crippen molar-refractivity contribution < 1.29 is 44.7 Å². The largest absolute Gasteiger partial charge is 0.509 e. The second kappa shape index (κ2) is 6.31. The first kappa shape index (κ1) is 19.9. The van der Waals surface area contributed by atoms with Gasteiger partial charge in [0.25, 0.3) is 5.91 Å². The lowest BCUT2D eigenvalue weighted by Crippen LogP contribution is -2.42. The molecule has 7 N–H and O–H groups in total. The third-order valence-electron chi connectivity index (χ3n) is 6.21. The van der Waals surface area contributed by atoms with Crippen LogP contribution in [0.1, 0.15) is 29.3 Å². The Kier molecular flexibility index (Phi) is 4.19.